The van der Waals surface area contributed by atoms with E-state index in [4.69, 9.17) is 5.73 Å². The zero-order valence-corrected chi connectivity index (χ0v) is 11.7. The Bertz CT molecular complexity index is 653. The number of hydrogen-bond donors (Lipinski definition) is 2. The molecule has 0 bridgehead atoms. The van der Waals surface area contributed by atoms with E-state index < -0.39 is 0 Å². The number of nitrogen functional groups attached to an aromatic ring is 1. The number of allylic oxidation sites excluding steroid dienone is 1. The molecular formula is C13H12BrN5. The van der Waals surface area contributed by atoms with Crippen molar-refractivity contribution in [2.75, 3.05) is 17.6 Å². The van der Waals surface area contributed by atoms with Crippen molar-refractivity contribution >= 4 is 33.1 Å². The lowest BCUT2D eigenvalue weighted by atomic mass is 10.1. The molecule has 0 saturated heterocycles. The molecule has 0 radical (unpaired) electrons. The Hall–Kier alpha value is -1.95. The van der Waals surface area contributed by atoms with Crippen molar-refractivity contribution in [1.82, 2.24) is 15.0 Å². The third-order valence-corrected chi connectivity index (χ3v) is 3.38. The molecule has 2 aromatic rings. The van der Waals surface area contributed by atoms with Crippen molar-refractivity contribution in [3.05, 3.63) is 46.5 Å². The van der Waals surface area contributed by atoms with Crippen LogP contribution in [0.5, 0.6) is 0 Å². The third-order valence-electron chi connectivity index (χ3n) is 3.00. The first-order valence-electron chi connectivity index (χ1n) is 5.89. The number of nitrogens with zero attached hydrogens (tertiary/aromatic N) is 3. The van der Waals surface area contributed by atoms with Crippen molar-refractivity contribution in [1.29, 1.82) is 0 Å². The third kappa shape index (κ3) is 2.44. The zero-order chi connectivity index (χ0) is 13.2. The minimum atomic E-state index is 0.396. The quantitative estimate of drug-likeness (QED) is 0.908. The first-order valence-corrected chi connectivity index (χ1v) is 6.68. The maximum absolute atomic E-state index is 5.78. The number of rotatable bonds is 3. The summed E-state index contributed by atoms with van der Waals surface area (Å²) in [6, 6.07) is 4.03. The second-order valence-corrected chi connectivity index (χ2v) is 5.02. The molecule has 2 heterocycles. The van der Waals surface area contributed by atoms with Crippen LogP contribution in [0.15, 0.2) is 35.2 Å². The normalized spacial score (nSPS) is 13.0. The van der Waals surface area contributed by atoms with E-state index in [2.05, 4.69) is 48.3 Å². The molecule has 96 valence electrons. The van der Waals surface area contributed by atoms with Gasteiger partial charge in [0.05, 0.1) is 11.9 Å². The number of anilines is 2. The average Bonchev–Trinajstić information content (AvgIpc) is 2.83. The molecule has 0 amide bonds. The summed E-state index contributed by atoms with van der Waals surface area (Å²) in [5.41, 5.74) is 9.30. The van der Waals surface area contributed by atoms with Gasteiger partial charge >= 0.3 is 0 Å². The molecule has 0 aromatic carbocycles. The number of hydrogen-bond acceptors (Lipinski definition) is 5. The highest BCUT2D eigenvalue weighted by atomic mass is 79.9. The molecule has 0 unspecified atom stereocenters. The zero-order valence-electron chi connectivity index (χ0n) is 10.1. The highest BCUT2D eigenvalue weighted by Gasteiger charge is 2.14. The van der Waals surface area contributed by atoms with Gasteiger partial charge in [-0.2, -0.15) is 0 Å². The van der Waals surface area contributed by atoms with E-state index in [1.54, 1.807) is 6.20 Å². The molecule has 0 spiro atoms. The van der Waals surface area contributed by atoms with Crippen molar-refractivity contribution in [3.63, 3.8) is 0 Å². The summed E-state index contributed by atoms with van der Waals surface area (Å²) in [5, 5.41) is 3.21. The van der Waals surface area contributed by atoms with Crippen LogP contribution < -0.4 is 11.1 Å². The molecule has 0 aliphatic heterocycles. The van der Waals surface area contributed by atoms with E-state index in [0.29, 0.717) is 22.8 Å². The summed E-state index contributed by atoms with van der Waals surface area (Å²) in [7, 11) is 0. The molecule has 3 N–H and O–H groups in total. The van der Waals surface area contributed by atoms with Gasteiger partial charge in [0, 0.05) is 24.7 Å². The summed E-state index contributed by atoms with van der Waals surface area (Å²) >= 11 is 3.28. The summed E-state index contributed by atoms with van der Waals surface area (Å²) in [6.07, 6.45) is 6.45. The molecule has 2 aromatic heterocycles. The van der Waals surface area contributed by atoms with Crippen molar-refractivity contribution in [3.8, 4) is 0 Å². The van der Waals surface area contributed by atoms with E-state index in [0.717, 1.165) is 12.1 Å². The molecule has 3 rings (SSSR count). The minimum Gasteiger partial charge on any atom is -0.381 e. The van der Waals surface area contributed by atoms with Crippen molar-refractivity contribution in [2.45, 2.75) is 6.42 Å². The van der Waals surface area contributed by atoms with Gasteiger partial charge in [0.1, 0.15) is 4.60 Å². The fraction of sp³-hybridized carbons (Fsp3) is 0.154. The fourth-order valence-electron chi connectivity index (χ4n) is 2.08. The lowest BCUT2D eigenvalue weighted by molar-refractivity contribution is 1.13. The largest absolute Gasteiger partial charge is 0.381 e. The first-order chi connectivity index (χ1) is 9.24. The van der Waals surface area contributed by atoms with Crippen LogP contribution in [-0.4, -0.2) is 21.5 Å². The van der Waals surface area contributed by atoms with Gasteiger partial charge in [0.25, 0.3) is 0 Å². The molecule has 19 heavy (non-hydrogen) atoms. The van der Waals surface area contributed by atoms with E-state index in [-0.39, 0.29) is 0 Å². The maximum Gasteiger partial charge on any atom is 0.170 e. The Morgan fingerprint density at radius 3 is 3.16 bits per heavy atom. The lowest BCUT2D eigenvalue weighted by Crippen LogP contribution is -2.08. The Labute approximate surface area is 119 Å². The van der Waals surface area contributed by atoms with E-state index in [1.807, 2.05) is 12.3 Å². The second kappa shape index (κ2) is 4.97. The van der Waals surface area contributed by atoms with Gasteiger partial charge in [-0.25, -0.2) is 9.97 Å². The predicted molar refractivity (Wildman–Crippen MR) is 78.6 cm³/mol. The number of fused-ring (bicyclic) bond motifs is 1. The molecule has 0 atom stereocenters. The van der Waals surface area contributed by atoms with Crippen LogP contribution in [0.2, 0.25) is 0 Å². The number of nitrogens with two attached hydrogens (primary N) is 1. The van der Waals surface area contributed by atoms with Crippen LogP contribution in [0.3, 0.4) is 0 Å². The summed E-state index contributed by atoms with van der Waals surface area (Å²) in [4.78, 5) is 12.7. The Balaban J connectivity index is 1.76. The fourth-order valence-corrected chi connectivity index (χ4v) is 2.36. The van der Waals surface area contributed by atoms with Crippen molar-refractivity contribution < 1.29 is 0 Å². The standard InChI is InChI=1S/C13H12BrN5/c14-11-7-17-12(15)13(19-11)18-6-8-3-4-10-9(8)2-1-5-16-10/h1-3,5,7H,4,6H2,(H2,15,17)(H,18,19). The summed E-state index contributed by atoms with van der Waals surface area (Å²) < 4.78 is 0.659. The van der Waals surface area contributed by atoms with Crippen LogP contribution >= 0.6 is 15.9 Å². The SMILES string of the molecule is Nc1ncc(Br)nc1NCC1=CCc2ncccc21. The Morgan fingerprint density at radius 2 is 2.26 bits per heavy atom. The Kier molecular flexibility index (Phi) is 3.16. The van der Waals surface area contributed by atoms with Gasteiger partial charge in [0.15, 0.2) is 11.6 Å². The number of pyridine rings is 1. The smallest absolute Gasteiger partial charge is 0.170 e. The molecule has 1 aliphatic rings. The van der Waals surface area contributed by atoms with Gasteiger partial charge in [-0.1, -0.05) is 12.1 Å². The van der Waals surface area contributed by atoms with Crippen LogP contribution in [0.4, 0.5) is 11.6 Å². The number of nitrogens with one attached hydrogen (secondary N) is 1. The first kappa shape index (κ1) is 12.1. The van der Waals surface area contributed by atoms with Crippen LogP contribution in [0, 0.1) is 0 Å². The van der Waals surface area contributed by atoms with Gasteiger partial charge in [-0.15, -0.1) is 0 Å². The molecule has 0 fully saturated rings. The number of halogens is 1. The monoisotopic (exact) mass is 317 g/mol. The van der Waals surface area contributed by atoms with Gasteiger partial charge < -0.3 is 11.1 Å². The van der Waals surface area contributed by atoms with E-state index in [9.17, 15) is 0 Å². The molecule has 0 saturated carbocycles. The van der Waals surface area contributed by atoms with Crippen LogP contribution in [0.25, 0.3) is 5.57 Å². The summed E-state index contributed by atoms with van der Waals surface area (Å²) in [5.74, 6) is 0.987. The van der Waals surface area contributed by atoms with E-state index >= 15 is 0 Å². The average molecular weight is 318 g/mol. The maximum atomic E-state index is 5.78. The van der Waals surface area contributed by atoms with Gasteiger partial charge in [0.2, 0.25) is 0 Å². The van der Waals surface area contributed by atoms with Crippen LogP contribution in [0.1, 0.15) is 11.3 Å². The van der Waals surface area contributed by atoms with E-state index in [1.165, 1.54) is 11.1 Å². The second-order valence-electron chi connectivity index (χ2n) is 4.21. The minimum absolute atomic E-state index is 0.396. The predicted octanol–water partition coefficient (Wildman–Crippen LogP) is 2.27. The Morgan fingerprint density at radius 1 is 1.37 bits per heavy atom. The lowest BCUT2D eigenvalue weighted by Gasteiger charge is -2.09. The molecule has 6 heteroatoms. The molecular weight excluding hydrogens is 306 g/mol. The molecule has 1 aliphatic carbocycles. The molecule has 5 nitrogen and oxygen atoms in total. The van der Waals surface area contributed by atoms with Crippen LogP contribution in [-0.2, 0) is 6.42 Å². The topological polar surface area (TPSA) is 76.7 Å². The highest BCUT2D eigenvalue weighted by molar-refractivity contribution is 9.10. The van der Waals surface area contributed by atoms with Crippen molar-refractivity contribution in [2.24, 2.45) is 0 Å². The number of aromatic nitrogens is 3. The van der Waals surface area contributed by atoms with Gasteiger partial charge in [-0.05, 0) is 27.6 Å². The highest BCUT2D eigenvalue weighted by Crippen LogP contribution is 2.26. The summed E-state index contributed by atoms with van der Waals surface area (Å²) in [6.45, 7) is 0.661. The van der Waals surface area contributed by atoms with Gasteiger partial charge in [-0.3, -0.25) is 4.98 Å².